The summed E-state index contributed by atoms with van der Waals surface area (Å²) < 4.78 is 5.31. The third kappa shape index (κ3) is 4.97. The Kier molecular flexibility index (Phi) is 4.78. The maximum Gasteiger partial charge on any atom is 0.308 e. The number of hydrogen-bond acceptors (Lipinski definition) is 3. The van der Waals surface area contributed by atoms with Gasteiger partial charge in [-0.2, -0.15) is 0 Å². The fourth-order valence-electron chi connectivity index (χ4n) is 1.93. The van der Waals surface area contributed by atoms with E-state index in [0.717, 1.165) is 32.1 Å². The highest BCUT2D eigenvalue weighted by molar-refractivity contribution is 5.72. The van der Waals surface area contributed by atoms with E-state index < -0.39 is 0 Å². The number of carbonyl (C=O) groups is 1. The molecular weight excluding hydrogens is 202 g/mol. The second-order valence-electron chi connectivity index (χ2n) is 6.09. The molecule has 0 atom stereocenters. The van der Waals surface area contributed by atoms with Crippen molar-refractivity contribution in [3.05, 3.63) is 0 Å². The van der Waals surface area contributed by atoms with Gasteiger partial charge in [0.15, 0.2) is 0 Å². The van der Waals surface area contributed by atoms with Crippen molar-refractivity contribution >= 4 is 5.97 Å². The molecule has 0 unspecified atom stereocenters. The van der Waals surface area contributed by atoms with Crippen molar-refractivity contribution in [2.24, 2.45) is 17.1 Å². The standard InChI is InChI=1S/C13H25NO2/c1-13(2,3)8-9-16-12(15)10-4-6-11(14)7-5-10/h10-11H,4-9,14H2,1-3H3. The molecule has 94 valence electrons. The fourth-order valence-corrected chi connectivity index (χ4v) is 1.93. The van der Waals surface area contributed by atoms with E-state index >= 15 is 0 Å². The van der Waals surface area contributed by atoms with E-state index in [1.54, 1.807) is 0 Å². The average molecular weight is 227 g/mol. The van der Waals surface area contributed by atoms with Crippen LogP contribution in [0.25, 0.3) is 0 Å². The van der Waals surface area contributed by atoms with E-state index in [-0.39, 0.29) is 17.3 Å². The van der Waals surface area contributed by atoms with E-state index in [1.807, 2.05) is 0 Å². The largest absolute Gasteiger partial charge is 0.465 e. The summed E-state index contributed by atoms with van der Waals surface area (Å²) in [6, 6.07) is 0.290. The zero-order valence-electron chi connectivity index (χ0n) is 10.8. The Labute approximate surface area is 98.7 Å². The van der Waals surface area contributed by atoms with Crippen LogP contribution in [0.15, 0.2) is 0 Å². The summed E-state index contributed by atoms with van der Waals surface area (Å²) in [4.78, 5) is 11.7. The maximum atomic E-state index is 11.7. The Morgan fingerprint density at radius 1 is 1.25 bits per heavy atom. The quantitative estimate of drug-likeness (QED) is 0.754. The highest BCUT2D eigenvalue weighted by atomic mass is 16.5. The molecule has 0 aromatic carbocycles. The minimum atomic E-state index is -0.0175. The van der Waals surface area contributed by atoms with Crippen LogP contribution in [-0.4, -0.2) is 18.6 Å². The Morgan fingerprint density at radius 3 is 2.31 bits per heavy atom. The predicted molar refractivity (Wildman–Crippen MR) is 65.0 cm³/mol. The number of carbonyl (C=O) groups excluding carboxylic acids is 1. The summed E-state index contributed by atoms with van der Waals surface area (Å²) in [5.74, 6) is 0.0796. The van der Waals surface area contributed by atoms with Gasteiger partial charge in [-0.3, -0.25) is 4.79 Å². The molecular formula is C13H25NO2. The van der Waals surface area contributed by atoms with Crippen molar-refractivity contribution in [3.63, 3.8) is 0 Å². The minimum absolute atomic E-state index is 0.0175. The molecule has 1 aliphatic rings. The van der Waals surface area contributed by atoms with Crippen molar-refractivity contribution in [1.29, 1.82) is 0 Å². The normalized spacial score (nSPS) is 26.5. The van der Waals surface area contributed by atoms with Gasteiger partial charge in [0, 0.05) is 6.04 Å². The van der Waals surface area contributed by atoms with E-state index in [2.05, 4.69) is 20.8 Å². The molecule has 2 N–H and O–H groups in total. The van der Waals surface area contributed by atoms with Crippen molar-refractivity contribution in [1.82, 2.24) is 0 Å². The third-order valence-electron chi connectivity index (χ3n) is 3.20. The van der Waals surface area contributed by atoms with Crippen LogP contribution in [0.1, 0.15) is 52.9 Å². The molecule has 1 rings (SSSR count). The molecule has 0 aromatic heterocycles. The minimum Gasteiger partial charge on any atom is -0.465 e. The zero-order valence-corrected chi connectivity index (χ0v) is 10.8. The molecule has 16 heavy (non-hydrogen) atoms. The molecule has 0 amide bonds. The Bertz CT molecular complexity index is 225. The van der Waals surface area contributed by atoms with Gasteiger partial charge in [-0.1, -0.05) is 20.8 Å². The topological polar surface area (TPSA) is 52.3 Å². The van der Waals surface area contributed by atoms with Gasteiger partial charge in [0.2, 0.25) is 0 Å². The van der Waals surface area contributed by atoms with Crippen LogP contribution < -0.4 is 5.73 Å². The van der Waals surface area contributed by atoms with E-state index in [4.69, 9.17) is 10.5 Å². The summed E-state index contributed by atoms with van der Waals surface area (Å²) in [7, 11) is 0. The number of esters is 1. The van der Waals surface area contributed by atoms with Crippen molar-refractivity contribution in [2.75, 3.05) is 6.61 Å². The van der Waals surface area contributed by atoms with Gasteiger partial charge >= 0.3 is 5.97 Å². The monoisotopic (exact) mass is 227 g/mol. The molecule has 0 saturated heterocycles. The van der Waals surface area contributed by atoms with Gasteiger partial charge in [-0.25, -0.2) is 0 Å². The number of rotatable bonds is 3. The van der Waals surface area contributed by atoms with Gasteiger partial charge < -0.3 is 10.5 Å². The van der Waals surface area contributed by atoms with Gasteiger partial charge in [0.25, 0.3) is 0 Å². The van der Waals surface area contributed by atoms with Crippen LogP contribution in [-0.2, 0) is 9.53 Å². The van der Waals surface area contributed by atoms with Gasteiger partial charge in [-0.15, -0.1) is 0 Å². The summed E-state index contributed by atoms with van der Waals surface area (Å²) >= 11 is 0. The lowest BCUT2D eigenvalue weighted by atomic mass is 9.86. The van der Waals surface area contributed by atoms with Crippen LogP contribution in [0.2, 0.25) is 0 Å². The molecule has 3 nitrogen and oxygen atoms in total. The summed E-state index contributed by atoms with van der Waals surface area (Å²) in [6.07, 6.45) is 4.63. The second-order valence-corrected chi connectivity index (χ2v) is 6.09. The highest BCUT2D eigenvalue weighted by Gasteiger charge is 2.25. The second kappa shape index (κ2) is 5.67. The Morgan fingerprint density at radius 2 is 1.81 bits per heavy atom. The van der Waals surface area contributed by atoms with Gasteiger partial charge in [0.05, 0.1) is 12.5 Å². The molecule has 0 spiro atoms. The molecule has 0 radical (unpaired) electrons. The van der Waals surface area contributed by atoms with Crippen molar-refractivity contribution in [2.45, 2.75) is 58.9 Å². The van der Waals surface area contributed by atoms with Crippen LogP contribution in [0.4, 0.5) is 0 Å². The van der Waals surface area contributed by atoms with Crippen LogP contribution in [0, 0.1) is 11.3 Å². The van der Waals surface area contributed by atoms with Crippen LogP contribution in [0.5, 0.6) is 0 Å². The lowest BCUT2D eigenvalue weighted by Gasteiger charge is -2.25. The molecule has 0 aliphatic heterocycles. The smallest absolute Gasteiger partial charge is 0.308 e. The first kappa shape index (κ1) is 13.5. The van der Waals surface area contributed by atoms with Crippen molar-refractivity contribution in [3.8, 4) is 0 Å². The van der Waals surface area contributed by atoms with E-state index in [9.17, 15) is 4.79 Å². The Hall–Kier alpha value is -0.570. The Balaban J connectivity index is 2.20. The lowest BCUT2D eigenvalue weighted by Crippen LogP contribution is -2.31. The van der Waals surface area contributed by atoms with Crippen LogP contribution >= 0.6 is 0 Å². The molecule has 1 fully saturated rings. The number of hydrogen-bond donors (Lipinski definition) is 1. The molecule has 3 heteroatoms. The van der Waals surface area contributed by atoms with Crippen LogP contribution in [0.3, 0.4) is 0 Å². The molecule has 0 bridgehead atoms. The molecule has 1 aliphatic carbocycles. The molecule has 0 aromatic rings. The highest BCUT2D eigenvalue weighted by Crippen LogP contribution is 2.25. The SMILES string of the molecule is CC(C)(C)CCOC(=O)C1CCC(N)CC1. The maximum absolute atomic E-state index is 11.7. The number of nitrogens with two attached hydrogens (primary N) is 1. The first-order valence-corrected chi connectivity index (χ1v) is 6.31. The lowest BCUT2D eigenvalue weighted by molar-refractivity contribution is -0.150. The number of ether oxygens (including phenoxy) is 1. The summed E-state index contributed by atoms with van der Waals surface area (Å²) in [5, 5.41) is 0. The fraction of sp³-hybridized carbons (Fsp3) is 0.923. The van der Waals surface area contributed by atoms with Gasteiger partial charge in [0.1, 0.15) is 0 Å². The third-order valence-corrected chi connectivity index (χ3v) is 3.20. The van der Waals surface area contributed by atoms with E-state index in [0.29, 0.717) is 12.6 Å². The summed E-state index contributed by atoms with van der Waals surface area (Å²) in [6.45, 7) is 7.01. The summed E-state index contributed by atoms with van der Waals surface area (Å²) in [5.41, 5.74) is 6.03. The molecule has 0 heterocycles. The van der Waals surface area contributed by atoms with Crippen molar-refractivity contribution < 1.29 is 9.53 Å². The first-order valence-electron chi connectivity index (χ1n) is 6.31. The first-order chi connectivity index (χ1) is 7.38. The van der Waals surface area contributed by atoms with E-state index in [1.165, 1.54) is 0 Å². The average Bonchev–Trinajstić information content (AvgIpc) is 2.16. The zero-order chi connectivity index (χ0) is 12.2. The predicted octanol–water partition coefficient (Wildman–Crippen LogP) is 2.48. The molecule has 1 saturated carbocycles. The van der Waals surface area contributed by atoms with Gasteiger partial charge in [-0.05, 0) is 37.5 Å².